The van der Waals surface area contributed by atoms with E-state index in [1.807, 2.05) is 6.92 Å². The maximum Gasteiger partial charge on any atom is 0.261 e. The van der Waals surface area contributed by atoms with Crippen molar-refractivity contribution in [1.82, 2.24) is 5.32 Å². The van der Waals surface area contributed by atoms with Crippen molar-refractivity contribution in [2.24, 2.45) is 0 Å². The van der Waals surface area contributed by atoms with Gasteiger partial charge in [-0.3, -0.25) is 4.79 Å². The van der Waals surface area contributed by atoms with Gasteiger partial charge in [0.1, 0.15) is 0 Å². The van der Waals surface area contributed by atoms with Gasteiger partial charge in [0.15, 0.2) is 0 Å². The van der Waals surface area contributed by atoms with Gasteiger partial charge in [-0.1, -0.05) is 18.2 Å². The molecule has 0 radical (unpaired) electrons. The summed E-state index contributed by atoms with van der Waals surface area (Å²) in [5, 5.41) is 2.62. The topological polar surface area (TPSA) is 72.5 Å². The van der Waals surface area contributed by atoms with E-state index in [2.05, 4.69) is 11.9 Å². The summed E-state index contributed by atoms with van der Waals surface area (Å²) in [6.45, 7) is 6.65. The van der Waals surface area contributed by atoms with Crippen molar-refractivity contribution >= 4 is 25.6 Å². The molecule has 0 fully saturated rings. The molecule has 0 saturated carbocycles. The van der Waals surface area contributed by atoms with Gasteiger partial charge >= 0.3 is 0 Å². The van der Waals surface area contributed by atoms with Gasteiger partial charge in [-0.2, -0.15) is 0 Å². The lowest BCUT2D eigenvalue weighted by molar-refractivity contribution is 0.0926. The van der Waals surface area contributed by atoms with E-state index in [-0.39, 0.29) is 16.4 Å². The van der Waals surface area contributed by atoms with Crippen LogP contribution in [0, 0.1) is 0 Å². The van der Waals surface area contributed by atoms with Crippen LogP contribution >= 0.6 is 10.7 Å². The molecule has 0 unspecified atom stereocenters. The molecule has 0 saturated heterocycles. The standard InChI is InChI=1S/C13H16ClNO4S/c1-10(2)9-19-7-6-15-13(16)11-4-3-5-12(8-11)20(14,17)18/h3-5,8H,1,6-7,9H2,2H3,(H,15,16). The second-order valence-electron chi connectivity index (χ2n) is 4.23. The molecule has 0 aliphatic carbocycles. The molecule has 7 heteroatoms. The number of nitrogens with one attached hydrogen (secondary N) is 1. The van der Waals surface area contributed by atoms with Crippen molar-refractivity contribution in [3.8, 4) is 0 Å². The van der Waals surface area contributed by atoms with Gasteiger partial charge in [-0.25, -0.2) is 8.42 Å². The third-order valence-corrected chi connectivity index (χ3v) is 3.61. The number of benzene rings is 1. The summed E-state index contributed by atoms with van der Waals surface area (Å²) < 4.78 is 27.6. The van der Waals surface area contributed by atoms with Gasteiger partial charge in [-0.05, 0) is 25.1 Å². The highest BCUT2D eigenvalue weighted by molar-refractivity contribution is 8.13. The quantitative estimate of drug-likeness (QED) is 0.474. The number of hydrogen-bond acceptors (Lipinski definition) is 4. The molecule has 0 aliphatic rings. The Bertz CT molecular complexity index is 598. The molecule has 110 valence electrons. The first kappa shape index (κ1) is 16.7. The normalized spacial score (nSPS) is 11.1. The van der Waals surface area contributed by atoms with Crippen LogP contribution in [-0.4, -0.2) is 34.1 Å². The van der Waals surface area contributed by atoms with Crippen LogP contribution in [0.1, 0.15) is 17.3 Å². The fourth-order valence-corrected chi connectivity index (χ4v) is 2.17. The van der Waals surface area contributed by atoms with Crippen molar-refractivity contribution in [1.29, 1.82) is 0 Å². The molecule has 5 nitrogen and oxygen atoms in total. The van der Waals surface area contributed by atoms with E-state index in [9.17, 15) is 13.2 Å². The number of ether oxygens (including phenoxy) is 1. The predicted octanol–water partition coefficient (Wildman–Crippen LogP) is 1.94. The molecule has 0 spiro atoms. The molecule has 20 heavy (non-hydrogen) atoms. The summed E-state index contributed by atoms with van der Waals surface area (Å²) in [7, 11) is 1.38. The van der Waals surface area contributed by atoms with Crippen LogP contribution < -0.4 is 5.32 Å². The Balaban J connectivity index is 2.54. The highest BCUT2D eigenvalue weighted by Gasteiger charge is 2.12. The third kappa shape index (κ3) is 5.73. The minimum absolute atomic E-state index is 0.106. The SMILES string of the molecule is C=C(C)COCCNC(=O)c1cccc(S(=O)(=O)Cl)c1. The van der Waals surface area contributed by atoms with Gasteiger partial charge in [-0.15, -0.1) is 0 Å². The predicted molar refractivity (Wildman–Crippen MR) is 77.4 cm³/mol. The van der Waals surface area contributed by atoms with Crippen molar-refractivity contribution in [2.75, 3.05) is 19.8 Å². The molecule has 1 N–H and O–H groups in total. The Kier molecular flexibility index (Phi) is 6.19. The largest absolute Gasteiger partial charge is 0.375 e. The van der Waals surface area contributed by atoms with Crippen LogP contribution in [-0.2, 0) is 13.8 Å². The molecule has 0 heterocycles. The van der Waals surface area contributed by atoms with Crippen molar-refractivity contribution in [3.05, 3.63) is 42.0 Å². The number of rotatable bonds is 7. The second kappa shape index (κ2) is 7.42. The van der Waals surface area contributed by atoms with E-state index in [0.29, 0.717) is 19.8 Å². The molecular weight excluding hydrogens is 302 g/mol. The van der Waals surface area contributed by atoms with Gasteiger partial charge < -0.3 is 10.1 Å². The van der Waals surface area contributed by atoms with E-state index in [4.69, 9.17) is 15.4 Å². The Morgan fingerprint density at radius 2 is 2.15 bits per heavy atom. The maximum absolute atomic E-state index is 11.8. The summed E-state index contributed by atoms with van der Waals surface area (Å²) in [5.41, 5.74) is 1.13. The van der Waals surface area contributed by atoms with Gasteiger partial charge in [0.25, 0.3) is 15.0 Å². The summed E-state index contributed by atoms with van der Waals surface area (Å²) in [6.07, 6.45) is 0. The summed E-state index contributed by atoms with van der Waals surface area (Å²) in [4.78, 5) is 11.7. The van der Waals surface area contributed by atoms with Crippen molar-refractivity contribution in [3.63, 3.8) is 0 Å². The molecule has 1 aromatic carbocycles. The Hall–Kier alpha value is -1.37. The number of carbonyl (C=O) groups is 1. The molecular formula is C13H16ClNO4S. The zero-order valence-corrected chi connectivity index (χ0v) is 12.6. The van der Waals surface area contributed by atoms with Crippen molar-refractivity contribution in [2.45, 2.75) is 11.8 Å². The third-order valence-electron chi connectivity index (χ3n) is 2.26. The van der Waals surface area contributed by atoms with Gasteiger partial charge in [0.05, 0.1) is 18.1 Å². The van der Waals surface area contributed by atoms with Crippen LogP contribution in [0.5, 0.6) is 0 Å². The lowest BCUT2D eigenvalue weighted by Crippen LogP contribution is -2.27. The van der Waals surface area contributed by atoms with E-state index < -0.39 is 9.05 Å². The minimum atomic E-state index is -3.84. The molecule has 1 rings (SSSR count). The minimum Gasteiger partial charge on any atom is -0.375 e. The van der Waals surface area contributed by atoms with Crippen molar-refractivity contribution < 1.29 is 17.9 Å². The molecule has 1 aromatic rings. The average Bonchev–Trinajstić information content (AvgIpc) is 2.37. The van der Waals surface area contributed by atoms with Crippen LogP contribution in [0.25, 0.3) is 0 Å². The van der Waals surface area contributed by atoms with E-state index in [1.165, 1.54) is 24.3 Å². The van der Waals surface area contributed by atoms with Gasteiger partial charge in [0, 0.05) is 22.8 Å². The van der Waals surface area contributed by atoms with Crippen LogP contribution in [0.15, 0.2) is 41.3 Å². The Morgan fingerprint density at radius 3 is 2.75 bits per heavy atom. The first-order valence-corrected chi connectivity index (χ1v) is 8.16. The zero-order chi connectivity index (χ0) is 15.2. The number of carbonyl (C=O) groups excluding carboxylic acids is 1. The zero-order valence-electron chi connectivity index (χ0n) is 11.1. The van der Waals surface area contributed by atoms with E-state index in [1.54, 1.807) is 0 Å². The Morgan fingerprint density at radius 1 is 1.45 bits per heavy atom. The summed E-state index contributed by atoms with van der Waals surface area (Å²) in [6, 6.07) is 5.53. The summed E-state index contributed by atoms with van der Waals surface area (Å²) >= 11 is 0. The fourth-order valence-electron chi connectivity index (χ4n) is 1.37. The van der Waals surface area contributed by atoms with E-state index in [0.717, 1.165) is 5.57 Å². The molecule has 0 atom stereocenters. The smallest absolute Gasteiger partial charge is 0.261 e. The summed E-state index contributed by atoms with van der Waals surface area (Å²) in [5.74, 6) is -0.383. The fraction of sp³-hybridized carbons (Fsp3) is 0.308. The van der Waals surface area contributed by atoms with Crippen LogP contribution in [0.2, 0.25) is 0 Å². The Labute approximate surface area is 123 Å². The first-order chi connectivity index (χ1) is 9.30. The molecule has 0 aromatic heterocycles. The van der Waals surface area contributed by atoms with E-state index >= 15 is 0 Å². The lowest BCUT2D eigenvalue weighted by atomic mass is 10.2. The van der Waals surface area contributed by atoms with Crippen LogP contribution in [0.4, 0.5) is 0 Å². The average molecular weight is 318 g/mol. The number of halogens is 1. The molecule has 0 bridgehead atoms. The number of hydrogen-bond donors (Lipinski definition) is 1. The molecule has 0 aliphatic heterocycles. The highest BCUT2D eigenvalue weighted by Crippen LogP contribution is 2.15. The maximum atomic E-state index is 11.8. The van der Waals surface area contributed by atoms with Crippen LogP contribution in [0.3, 0.4) is 0 Å². The first-order valence-electron chi connectivity index (χ1n) is 5.86. The number of amides is 1. The van der Waals surface area contributed by atoms with Gasteiger partial charge in [0.2, 0.25) is 0 Å². The monoisotopic (exact) mass is 317 g/mol. The molecule has 1 amide bonds. The second-order valence-corrected chi connectivity index (χ2v) is 6.80. The highest BCUT2D eigenvalue weighted by atomic mass is 35.7. The lowest BCUT2D eigenvalue weighted by Gasteiger charge is -2.07.